The van der Waals surface area contributed by atoms with Crippen LogP contribution < -0.4 is 10.2 Å². The van der Waals surface area contributed by atoms with E-state index in [9.17, 15) is 0 Å². The highest BCUT2D eigenvalue weighted by Crippen LogP contribution is 2.17. The Bertz CT molecular complexity index is 366. The summed E-state index contributed by atoms with van der Waals surface area (Å²) in [4.78, 5) is 2.36. The van der Waals surface area contributed by atoms with Gasteiger partial charge in [0.25, 0.3) is 0 Å². The molecule has 20 heavy (non-hydrogen) atoms. The Hall–Kier alpha value is -1.02. The third kappa shape index (κ3) is 4.82. The number of aryl methyl sites for hydroxylation is 1. The first-order chi connectivity index (χ1) is 9.79. The van der Waals surface area contributed by atoms with Crippen LogP contribution in [0.25, 0.3) is 0 Å². The molecule has 0 aliphatic heterocycles. The molecule has 1 saturated carbocycles. The summed E-state index contributed by atoms with van der Waals surface area (Å²) in [7, 11) is 2.20. The molecule has 2 nitrogen and oxygen atoms in total. The summed E-state index contributed by atoms with van der Waals surface area (Å²) < 4.78 is 0. The van der Waals surface area contributed by atoms with Gasteiger partial charge in [-0.2, -0.15) is 0 Å². The van der Waals surface area contributed by atoms with Gasteiger partial charge in [-0.25, -0.2) is 0 Å². The highest BCUT2D eigenvalue weighted by Gasteiger charge is 2.11. The van der Waals surface area contributed by atoms with Gasteiger partial charge in [0.2, 0.25) is 0 Å². The summed E-state index contributed by atoms with van der Waals surface area (Å²) in [6.45, 7) is 4.49. The van der Waals surface area contributed by atoms with Crippen LogP contribution in [0.3, 0.4) is 0 Å². The van der Waals surface area contributed by atoms with Crippen molar-refractivity contribution in [1.82, 2.24) is 5.32 Å². The monoisotopic (exact) mass is 274 g/mol. The number of nitrogens with zero attached hydrogens (tertiary/aromatic N) is 1. The lowest BCUT2D eigenvalue weighted by Crippen LogP contribution is -2.33. The van der Waals surface area contributed by atoms with Gasteiger partial charge >= 0.3 is 0 Å². The molecule has 2 rings (SSSR count). The maximum Gasteiger partial charge on any atom is 0.0363 e. The average Bonchev–Trinajstić information content (AvgIpc) is 2.52. The van der Waals surface area contributed by atoms with Gasteiger partial charge in [-0.05, 0) is 49.9 Å². The van der Waals surface area contributed by atoms with E-state index in [-0.39, 0.29) is 0 Å². The lowest BCUT2D eigenvalue weighted by Gasteiger charge is -2.24. The molecule has 1 aliphatic carbocycles. The molecule has 112 valence electrons. The fourth-order valence-corrected chi connectivity index (χ4v) is 3.04. The Balaban J connectivity index is 1.64. The lowest BCUT2D eigenvalue weighted by atomic mass is 9.95. The van der Waals surface area contributed by atoms with Gasteiger partial charge in [0.05, 0.1) is 0 Å². The number of benzene rings is 1. The molecule has 1 aromatic carbocycles. The fraction of sp³-hybridized carbons (Fsp3) is 0.667. The summed E-state index contributed by atoms with van der Waals surface area (Å²) >= 11 is 0. The van der Waals surface area contributed by atoms with Crippen molar-refractivity contribution in [2.24, 2.45) is 0 Å². The van der Waals surface area contributed by atoms with E-state index in [4.69, 9.17) is 0 Å². The van der Waals surface area contributed by atoms with E-state index in [1.54, 1.807) is 0 Å². The molecular formula is C18H30N2. The van der Waals surface area contributed by atoms with Crippen LogP contribution in [-0.4, -0.2) is 26.2 Å². The number of hydrogen-bond donors (Lipinski definition) is 1. The predicted octanol–water partition coefficient (Wildman–Crippen LogP) is 4.00. The summed E-state index contributed by atoms with van der Waals surface area (Å²) in [5, 5.41) is 3.72. The molecule has 0 radical (unpaired) electrons. The maximum atomic E-state index is 3.72. The first-order valence-electron chi connectivity index (χ1n) is 8.33. The van der Waals surface area contributed by atoms with Crippen molar-refractivity contribution < 1.29 is 0 Å². The standard InChI is InChI=1S/C18H30N2/c1-3-16-10-12-18(13-11-16)20(2)15-7-14-19-17-8-5-4-6-9-17/h10-13,17,19H,3-9,14-15H2,1-2H3. The highest BCUT2D eigenvalue weighted by molar-refractivity contribution is 5.46. The molecular weight excluding hydrogens is 244 g/mol. The van der Waals surface area contributed by atoms with Crippen molar-refractivity contribution in [1.29, 1.82) is 0 Å². The molecule has 0 unspecified atom stereocenters. The Labute approximate surface area is 124 Å². The lowest BCUT2D eigenvalue weighted by molar-refractivity contribution is 0.373. The van der Waals surface area contributed by atoms with E-state index in [2.05, 4.69) is 48.5 Å². The molecule has 1 aliphatic rings. The van der Waals surface area contributed by atoms with Crippen LogP contribution in [0, 0.1) is 0 Å². The van der Waals surface area contributed by atoms with Crippen LogP contribution in [0.5, 0.6) is 0 Å². The van der Waals surface area contributed by atoms with Crippen LogP contribution in [-0.2, 0) is 6.42 Å². The van der Waals surface area contributed by atoms with Crippen LogP contribution in [0.1, 0.15) is 51.0 Å². The Kier molecular flexibility index (Phi) is 6.38. The minimum atomic E-state index is 0.790. The molecule has 1 N–H and O–H groups in total. The fourth-order valence-electron chi connectivity index (χ4n) is 3.04. The van der Waals surface area contributed by atoms with E-state index in [0.29, 0.717) is 0 Å². The zero-order valence-electron chi connectivity index (χ0n) is 13.2. The van der Waals surface area contributed by atoms with Crippen LogP contribution >= 0.6 is 0 Å². The third-order valence-corrected chi connectivity index (χ3v) is 4.49. The number of rotatable bonds is 7. The minimum absolute atomic E-state index is 0.790. The zero-order chi connectivity index (χ0) is 14.2. The molecule has 0 amide bonds. The SMILES string of the molecule is CCc1ccc(N(C)CCCNC2CCCCC2)cc1. The van der Waals surface area contributed by atoms with Crippen molar-refractivity contribution in [3.05, 3.63) is 29.8 Å². The second kappa shape index (κ2) is 8.31. The predicted molar refractivity (Wildman–Crippen MR) is 88.6 cm³/mol. The Morgan fingerprint density at radius 1 is 1.10 bits per heavy atom. The Morgan fingerprint density at radius 3 is 2.45 bits per heavy atom. The molecule has 0 bridgehead atoms. The first-order valence-corrected chi connectivity index (χ1v) is 8.33. The zero-order valence-corrected chi connectivity index (χ0v) is 13.2. The Morgan fingerprint density at radius 2 is 1.80 bits per heavy atom. The average molecular weight is 274 g/mol. The van der Waals surface area contributed by atoms with Gasteiger partial charge < -0.3 is 10.2 Å². The molecule has 0 aromatic heterocycles. The third-order valence-electron chi connectivity index (χ3n) is 4.49. The molecule has 1 fully saturated rings. The summed E-state index contributed by atoms with van der Waals surface area (Å²) in [5.74, 6) is 0. The van der Waals surface area contributed by atoms with Crippen molar-refractivity contribution >= 4 is 5.69 Å². The van der Waals surface area contributed by atoms with Crippen molar-refractivity contribution in [3.8, 4) is 0 Å². The summed E-state index contributed by atoms with van der Waals surface area (Å²) in [6, 6.07) is 9.76. The van der Waals surface area contributed by atoms with Crippen LogP contribution in [0.15, 0.2) is 24.3 Å². The van der Waals surface area contributed by atoms with Gasteiger partial charge in [-0.1, -0.05) is 38.3 Å². The maximum absolute atomic E-state index is 3.72. The summed E-state index contributed by atoms with van der Waals surface area (Å²) in [6.07, 6.45) is 9.39. The van der Waals surface area contributed by atoms with E-state index in [0.717, 1.165) is 25.6 Å². The largest absolute Gasteiger partial charge is 0.375 e. The topological polar surface area (TPSA) is 15.3 Å². The molecule has 2 heteroatoms. The van der Waals surface area contributed by atoms with E-state index in [1.165, 1.54) is 49.8 Å². The molecule has 0 atom stereocenters. The first kappa shape index (κ1) is 15.4. The number of hydrogen-bond acceptors (Lipinski definition) is 2. The van der Waals surface area contributed by atoms with Crippen molar-refractivity contribution in [2.75, 3.05) is 25.0 Å². The minimum Gasteiger partial charge on any atom is -0.375 e. The normalized spacial score (nSPS) is 16.3. The number of nitrogens with one attached hydrogen (secondary N) is 1. The van der Waals surface area contributed by atoms with Crippen LogP contribution in [0.2, 0.25) is 0 Å². The highest BCUT2D eigenvalue weighted by atomic mass is 15.1. The van der Waals surface area contributed by atoms with E-state index < -0.39 is 0 Å². The van der Waals surface area contributed by atoms with E-state index >= 15 is 0 Å². The molecule has 1 aromatic rings. The summed E-state index contributed by atoms with van der Waals surface area (Å²) in [5.41, 5.74) is 2.75. The van der Waals surface area contributed by atoms with E-state index in [1.807, 2.05) is 0 Å². The van der Waals surface area contributed by atoms with Crippen LogP contribution in [0.4, 0.5) is 5.69 Å². The van der Waals surface area contributed by atoms with Gasteiger partial charge in [-0.15, -0.1) is 0 Å². The number of anilines is 1. The van der Waals surface area contributed by atoms with Gasteiger partial charge in [0.15, 0.2) is 0 Å². The molecule has 0 saturated heterocycles. The smallest absolute Gasteiger partial charge is 0.0363 e. The molecule has 0 heterocycles. The van der Waals surface area contributed by atoms with Gasteiger partial charge in [0, 0.05) is 25.3 Å². The van der Waals surface area contributed by atoms with Crippen molar-refractivity contribution in [3.63, 3.8) is 0 Å². The second-order valence-electron chi connectivity index (χ2n) is 6.08. The quantitative estimate of drug-likeness (QED) is 0.756. The second-order valence-corrected chi connectivity index (χ2v) is 6.08. The molecule has 0 spiro atoms. The van der Waals surface area contributed by atoms with Gasteiger partial charge in [0.1, 0.15) is 0 Å². The van der Waals surface area contributed by atoms with Crippen molar-refractivity contribution in [2.45, 2.75) is 57.9 Å². The van der Waals surface area contributed by atoms with Gasteiger partial charge in [-0.3, -0.25) is 0 Å².